The first kappa shape index (κ1) is 12.8. The SMILES string of the molecule is CS(=O)CCNCc1cccc(F)c1Br. The van der Waals surface area contributed by atoms with Crippen molar-refractivity contribution in [3.63, 3.8) is 0 Å². The third-order valence-electron chi connectivity index (χ3n) is 1.91. The van der Waals surface area contributed by atoms with E-state index in [1.165, 1.54) is 6.07 Å². The number of rotatable bonds is 5. The van der Waals surface area contributed by atoms with Crippen molar-refractivity contribution in [3.8, 4) is 0 Å². The topological polar surface area (TPSA) is 29.1 Å². The summed E-state index contributed by atoms with van der Waals surface area (Å²) >= 11 is 3.19. The minimum Gasteiger partial charge on any atom is -0.312 e. The average molecular weight is 294 g/mol. The normalized spacial score (nSPS) is 12.7. The summed E-state index contributed by atoms with van der Waals surface area (Å²) in [4.78, 5) is 0. The fraction of sp³-hybridized carbons (Fsp3) is 0.400. The van der Waals surface area contributed by atoms with Gasteiger partial charge in [-0.25, -0.2) is 4.39 Å². The zero-order valence-electron chi connectivity index (χ0n) is 8.43. The van der Waals surface area contributed by atoms with Crippen LogP contribution < -0.4 is 5.32 Å². The Hall–Kier alpha value is -0.260. The van der Waals surface area contributed by atoms with Gasteiger partial charge in [0.05, 0.1) is 4.47 Å². The lowest BCUT2D eigenvalue weighted by Crippen LogP contribution is -2.19. The van der Waals surface area contributed by atoms with Crippen molar-refractivity contribution < 1.29 is 8.60 Å². The fourth-order valence-electron chi connectivity index (χ4n) is 1.12. The molecule has 0 spiro atoms. The molecule has 5 heteroatoms. The lowest BCUT2D eigenvalue weighted by Gasteiger charge is -2.06. The van der Waals surface area contributed by atoms with E-state index in [0.29, 0.717) is 23.3 Å². The molecule has 0 amide bonds. The smallest absolute Gasteiger partial charge is 0.137 e. The van der Waals surface area contributed by atoms with Crippen LogP contribution in [0.4, 0.5) is 4.39 Å². The first-order valence-electron chi connectivity index (χ1n) is 4.55. The molecule has 0 saturated heterocycles. The number of nitrogens with one attached hydrogen (secondary N) is 1. The standard InChI is InChI=1S/C10H13BrFNOS/c1-15(14)6-5-13-7-8-3-2-4-9(12)10(8)11/h2-4,13H,5-7H2,1H3. The average Bonchev–Trinajstić information content (AvgIpc) is 2.18. The Bertz CT molecular complexity index is 359. The van der Waals surface area contributed by atoms with E-state index in [-0.39, 0.29) is 5.82 Å². The van der Waals surface area contributed by atoms with Crippen molar-refractivity contribution in [2.75, 3.05) is 18.6 Å². The minimum atomic E-state index is -0.781. The van der Waals surface area contributed by atoms with Crippen LogP contribution in [0.1, 0.15) is 5.56 Å². The summed E-state index contributed by atoms with van der Waals surface area (Å²) in [5.41, 5.74) is 0.872. The van der Waals surface area contributed by atoms with Crippen LogP contribution in [-0.2, 0) is 17.3 Å². The highest BCUT2D eigenvalue weighted by molar-refractivity contribution is 9.10. The van der Waals surface area contributed by atoms with Gasteiger partial charge in [-0.2, -0.15) is 0 Å². The summed E-state index contributed by atoms with van der Waals surface area (Å²) in [7, 11) is -0.781. The molecule has 0 radical (unpaired) electrons. The molecular weight excluding hydrogens is 281 g/mol. The number of hydrogen-bond acceptors (Lipinski definition) is 2. The molecule has 1 atom stereocenters. The molecule has 0 aliphatic heterocycles. The van der Waals surface area contributed by atoms with Crippen molar-refractivity contribution in [2.45, 2.75) is 6.54 Å². The molecule has 0 heterocycles. The van der Waals surface area contributed by atoms with Crippen molar-refractivity contribution in [1.82, 2.24) is 5.32 Å². The van der Waals surface area contributed by atoms with Crippen LogP contribution in [0, 0.1) is 5.82 Å². The zero-order valence-corrected chi connectivity index (χ0v) is 10.8. The first-order chi connectivity index (χ1) is 7.11. The molecule has 1 unspecified atom stereocenters. The maximum Gasteiger partial charge on any atom is 0.137 e. The van der Waals surface area contributed by atoms with Crippen molar-refractivity contribution in [2.24, 2.45) is 0 Å². The van der Waals surface area contributed by atoms with E-state index in [0.717, 1.165) is 5.56 Å². The molecule has 1 aromatic carbocycles. The van der Waals surface area contributed by atoms with Gasteiger partial charge in [-0.05, 0) is 27.6 Å². The second-order valence-electron chi connectivity index (χ2n) is 3.17. The molecule has 1 aromatic rings. The van der Waals surface area contributed by atoms with E-state index in [9.17, 15) is 8.60 Å². The van der Waals surface area contributed by atoms with Gasteiger partial charge in [0.1, 0.15) is 5.82 Å². The Kier molecular flexibility index (Phi) is 5.42. The van der Waals surface area contributed by atoms with Gasteiger partial charge in [0.2, 0.25) is 0 Å². The molecule has 84 valence electrons. The highest BCUT2D eigenvalue weighted by atomic mass is 79.9. The fourth-order valence-corrected chi connectivity index (χ4v) is 1.96. The van der Waals surface area contributed by atoms with Gasteiger partial charge >= 0.3 is 0 Å². The molecule has 1 N–H and O–H groups in total. The Morgan fingerprint density at radius 1 is 1.53 bits per heavy atom. The predicted octanol–water partition coefficient (Wildman–Crippen LogP) is 2.06. The van der Waals surface area contributed by atoms with E-state index in [1.807, 2.05) is 6.07 Å². The van der Waals surface area contributed by atoms with Crippen LogP contribution in [0.5, 0.6) is 0 Å². The maximum absolute atomic E-state index is 13.1. The lowest BCUT2D eigenvalue weighted by molar-refractivity contribution is 0.614. The van der Waals surface area contributed by atoms with E-state index in [4.69, 9.17) is 0 Å². The third kappa shape index (κ3) is 4.40. The number of hydrogen-bond donors (Lipinski definition) is 1. The monoisotopic (exact) mass is 293 g/mol. The van der Waals surface area contributed by atoms with E-state index in [2.05, 4.69) is 21.2 Å². The Morgan fingerprint density at radius 3 is 2.93 bits per heavy atom. The molecule has 0 aliphatic carbocycles. The van der Waals surface area contributed by atoms with E-state index < -0.39 is 10.8 Å². The summed E-state index contributed by atoms with van der Waals surface area (Å²) in [6, 6.07) is 4.94. The van der Waals surface area contributed by atoms with Gasteiger partial charge in [0.15, 0.2) is 0 Å². The van der Waals surface area contributed by atoms with Gasteiger partial charge in [-0.15, -0.1) is 0 Å². The van der Waals surface area contributed by atoms with Crippen LogP contribution in [0.25, 0.3) is 0 Å². The van der Waals surface area contributed by atoms with Crippen LogP contribution in [0.2, 0.25) is 0 Å². The molecule has 2 nitrogen and oxygen atoms in total. The third-order valence-corrected chi connectivity index (χ3v) is 3.58. The van der Waals surface area contributed by atoms with Crippen LogP contribution in [0.15, 0.2) is 22.7 Å². The highest BCUT2D eigenvalue weighted by Gasteiger charge is 2.03. The van der Waals surface area contributed by atoms with Crippen molar-refractivity contribution in [1.29, 1.82) is 0 Å². The van der Waals surface area contributed by atoms with E-state index in [1.54, 1.807) is 12.3 Å². The Morgan fingerprint density at radius 2 is 2.27 bits per heavy atom. The number of halogens is 2. The largest absolute Gasteiger partial charge is 0.312 e. The number of benzene rings is 1. The van der Waals surface area contributed by atoms with Crippen molar-refractivity contribution in [3.05, 3.63) is 34.1 Å². The minimum absolute atomic E-state index is 0.256. The Balaban J connectivity index is 2.44. The second kappa shape index (κ2) is 6.35. The Labute approximate surface area is 99.8 Å². The molecule has 15 heavy (non-hydrogen) atoms. The van der Waals surface area contributed by atoms with E-state index >= 15 is 0 Å². The molecule has 0 aromatic heterocycles. The van der Waals surface area contributed by atoms with Crippen LogP contribution in [0.3, 0.4) is 0 Å². The van der Waals surface area contributed by atoms with Gasteiger partial charge in [-0.3, -0.25) is 4.21 Å². The second-order valence-corrected chi connectivity index (χ2v) is 5.51. The van der Waals surface area contributed by atoms with Gasteiger partial charge in [0.25, 0.3) is 0 Å². The highest BCUT2D eigenvalue weighted by Crippen LogP contribution is 2.19. The quantitative estimate of drug-likeness (QED) is 0.842. The molecular formula is C10H13BrFNOS. The molecule has 0 aliphatic rings. The van der Waals surface area contributed by atoms with Gasteiger partial charge < -0.3 is 5.32 Å². The molecule has 0 fully saturated rings. The van der Waals surface area contributed by atoms with Crippen molar-refractivity contribution >= 4 is 26.7 Å². The van der Waals surface area contributed by atoms with Gasteiger partial charge in [0, 0.05) is 35.9 Å². The lowest BCUT2D eigenvalue weighted by atomic mass is 10.2. The summed E-state index contributed by atoms with van der Waals surface area (Å²) in [6.07, 6.45) is 1.67. The summed E-state index contributed by atoms with van der Waals surface area (Å²) < 4.78 is 24.4. The van der Waals surface area contributed by atoms with Crippen LogP contribution in [-0.4, -0.2) is 22.8 Å². The molecule has 0 bridgehead atoms. The molecule has 0 saturated carbocycles. The predicted molar refractivity (Wildman–Crippen MR) is 64.7 cm³/mol. The van der Waals surface area contributed by atoms with Gasteiger partial charge in [-0.1, -0.05) is 12.1 Å². The van der Waals surface area contributed by atoms with Crippen LogP contribution >= 0.6 is 15.9 Å². The summed E-state index contributed by atoms with van der Waals surface area (Å²) in [5, 5.41) is 3.11. The molecule has 1 rings (SSSR count). The summed E-state index contributed by atoms with van der Waals surface area (Å²) in [6.45, 7) is 1.25. The zero-order chi connectivity index (χ0) is 11.3. The first-order valence-corrected chi connectivity index (χ1v) is 7.07. The summed E-state index contributed by atoms with van der Waals surface area (Å²) in [5.74, 6) is 0.362. The maximum atomic E-state index is 13.1.